The molecule has 0 spiro atoms. The maximum Gasteiger partial charge on any atom is 0.341 e. The summed E-state index contributed by atoms with van der Waals surface area (Å²) in [5.74, 6) is -1.29. The van der Waals surface area contributed by atoms with Gasteiger partial charge < -0.3 is 19.9 Å². The van der Waals surface area contributed by atoms with Gasteiger partial charge in [0, 0.05) is 6.61 Å². The number of esters is 1. The molecule has 2 rings (SSSR count). The van der Waals surface area contributed by atoms with Gasteiger partial charge in [0.15, 0.2) is 5.75 Å². The van der Waals surface area contributed by atoms with Crippen molar-refractivity contribution >= 4 is 17.6 Å². The maximum absolute atomic E-state index is 11.9. The topological polar surface area (TPSA) is 84.9 Å². The Morgan fingerprint density at radius 1 is 1.47 bits per heavy atom. The average molecular weight is 265 g/mol. The molecule has 0 aromatic heterocycles. The van der Waals surface area contributed by atoms with E-state index in [0.29, 0.717) is 13.0 Å². The molecule has 6 nitrogen and oxygen atoms in total. The molecule has 0 radical (unpaired) electrons. The second kappa shape index (κ2) is 5.71. The summed E-state index contributed by atoms with van der Waals surface area (Å²) in [6.07, 6.45) is 0.997. The van der Waals surface area contributed by atoms with E-state index in [1.807, 2.05) is 0 Å². The van der Waals surface area contributed by atoms with Gasteiger partial charge in [-0.2, -0.15) is 0 Å². The van der Waals surface area contributed by atoms with Crippen molar-refractivity contribution in [2.75, 3.05) is 19.0 Å². The number of carbonyl (C=O) groups excluding carboxylic acids is 2. The second-order valence-corrected chi connectivity index (χ2v) is 4.18. The molecule has 1 fully saturated rings. The van der Waals surface area contributed by atoms with Gasteiger partial charge in [-0.25, -0.2) is 4.79 Å². The van der Waals surface area contributed by atoms with Crippen molar-refractivity contribution in [3.63, 3.8) is 0 Å². The van der Waals surface area contributed by atoms with Gasteiger partial charge in [-0.05, 0) is 25.0 Å². The molecule has 1 aliphatic rings. The number of phenolic OH excluding ortho intramolecular Hbond substituents is 1. The summed E-state index contributed by atoms with van der Waals surface area (Å²) < 4.78 is 9.78. The van der Waals surface area contributed by atoms with Gasteiger partial charge in [0.2, 0.25) is 0 Å². The Kier molecular flexibility index (Phi) is 4.01. The van der Waals surface area contributed by atoms with Gasteiger partial charge in [0.05, 0.1) is 12.8 Å². The normalized spacial score (nSPS) is 18.1. The molecule has 1 unspecified atom stereocenters. The van der Waals surface area contributed by atoms with Crippen molar-refractivity contribution in [3.8, 4) is 5.75 Å². The van der Waals surface area contributed by atoms with Crippen LogP contribution in [0.4, 0.5) is 5.69 Å². The molecule has 1 aliphatic heterocycles. The molecule has 2 N–H and O–H groups in total. The minimum absolute atomic E-state index is 0.00707. The Labute approximate surface area is 110 Å². The number of amides is 1. The van der Waals surface area contributed by atoms with E-state index in [-0.39, 0.29) is 22.9 Å². The van der Waals surface area contributed by atoms with E-state index < -0.39 is 12.1 Å². The van der Waals surface area contributed by atoms with E-state index >= 15 is 0 Å². The van der Waals surface area contributed by atoms with Crippen molar-refractivity contribution in [2.24, 2.45) is 0 Å². The first-order valence-electron chi connectivity index (χ1n) is 5.96. The van der Waals surface area contributed by atoms with Crippen LogP contribution in [0.25, 0.3) is 0 Å². The summed E-state index contributed by atoms with van der Waals surface area (Å²) in [4.78, 5) is 23.3. The maximum atomic E-state index is 11.9. The second-order valence-electron chi connectivity index (χ2n) is 4.18. The molecular weight excluding hydrogens is 250 g/mol. The smallest absolute Gasteiger partial charge is 0.341 e. The quantitative estimate of drug-likeness (QED) is 0.635. The highest BCUT2D eigenvalue weighted by Crippen LogP contribution is 2.28. The molecule has 0 bridgehead atoms. The number of benzene rings is 1. The highest BCUT2D eigenvalue weighted by atomic mass is 16.5. The van der Waals surface area contributed by atoms with E-state index in [4.69, 9.17) is 4.74 Å². The molecule has 1 aromatic carbocycles. The Hall–Kier alpha value is -2.08. The number of carbonyl (C=O) groups is 2. The van der Waals surface area contributed by atoms with Gasteiger partial charge in [-0.15, -0.1) is 0 Å². The van der Waals surface area contributed by atoms with Crippen molar-refractivity contribution < 1.29 is 24.2 Å². The van der Waals surface area contributed by atoms with Gasteiger partial charge >= 0.3 is 5.97 Å². The van der Waals surface area contributed by atoms with Gasteiger partial charge in [0.25, 0.3) is 5.91 Å². The minimum Gasteiger partial charge on any atom is -0.505 e. The highest BCUT2D eigenvalue weighted by Gasteiger charge is 2.25. The van der Waals surface area contributed by atoms with Gasteiger partial charge in [0.1, 0.15) is 11.7 Å². The third-order valence-electron chi connectivity index (χ3n) is 2.92. The van der Waals surface area contributed by atoms with Crippen LogP contribution in [0, 0.1) is 0 Å². The molecular formula is C13H15NO5. The molecule has 0 aliphatic carbocycles. The number of methoxy groups -OCH3 is 1. The van der Waals surface area contributed by atoms with Crippen LogP contribution < -0.4 is 5.32 Å². The van der Waals surface area contributed by atoms with E-state index in [0.717, 1.165) is 6.42 Å². The number of hydrogen-bond acceptors (Lipinski definition) is 5. The van der Waals surface area contributed by atoms with Crippen LogP contribution in [0.2, 0.25) is 0 Å². The largest absolute Gasteiger partial charge is 0.505 e. The predicted octanol–water partition coefficient (Wildman–Crippen LogP) is 1.30. The molecule has 102 valence electrons. The molecule has 1 amide bonds. The molecule has 19 heavy (non-hydrogen) atoms. The lowest BCUT2D eigenvalue weighted by atomic mass is 10.1. The summed E-state index contributed by atoms with van der Waals surface area (Å²) in [5, 5.41) is 12.5. The van der Waals surface area contributed by atoms with Crippen molar-refractivity contribution in [3.05, 3.63) is 23.8 Å². The van der Waals surface area contributed by atoms with Crippen LogP contribution in [0.5, 0.6) is 5.75 Å². The predicted molar refractivity (Wildman–Crippen MR) is 67.1 cm³/mol. The molecule has 1 heterocycles. The Balaban J connectivity index is 2.16. The van der Waals surface area contributed by atoms with Crippen LogP contribution in [0.1, 0.15) is 23.2 Å². The van der Waals surface area contributed by atoms with Crippen LogP contribution in [-0.2, 0) is 14.3 Å². The van der Waals surface area contributed by atoms with E-state index in [9.17, 15) is 14.7 Å². The lowest BCUT2D eigenvalue weighted by Crippen LogP contribution is -2.27. The van der Waals surface area contributed by atoms with Gasteiger partial charge in [-0.3, -0.25) is 4.79 Å². The Bertz CT molecular complexity index is 494. The number of para-hydroxylation sites is 1. The van der Waals surface area contributed by atoms with Crippen molar-refractivity contribution in [1.29, 1.82) is 0 Å². The minimum atomic E-state index is -0.661. The molecule has 1 aromatic rings. The third kappa shape index (κ3) is 2.85. The SMILES string of the molecule is COC(=O)c1cccc(NC(=O)C2CCCO2)c1O. The third-order valence-corrected chi connectivity index (χ3v) is 2.92. The fourth-order valence-electron chi connectivity index (χ4n) is 1.92. The highest BCUT2D eigenvalue weighted by molar-refractivity contribution is 5.99. The van der Waals surface area contributed by atoms with E-state index in [1.165, 1.54) is 19.2 Å². The first-order valence-corrected chi connectivity index (χ1v) is 5.96. The summed E-state index contributed by atoms with van der Waals surface area (Å²) in [6.45, 7) is 0.562. The number of anilines is 1. The lowest BCUT2D eigenvalue weighted by Gasteiger charge is -2.12. The number of ether oxygens (including phenoxy) is 2. The van der Waals surface area contributed by atoms with Crippen LogP contribution >= 0.6 is 0 Å². The van der Waals surface area contributed by atoms with E-state index in [1.54, 1.807) is 6.07 Å². The zero-order valence-electron chi connectivity index (χ0n) is 10.5. The van der Waals surface area contributed by atoms with Crippen molar-refractivity contribution in [2.45, 2.75) is 18.9 Å². The average Bonchev–Trinajstić information content (AvgIpc) is 2.94. The van der Waals surface area contributed by atoms with Crippen LogP contribution in [-0.4, -0.2) is 36.8 Å². The summed E-state index contributed by atoms with van der Waals surface area (Å²) in [7, 11) is 1.22. The number of rotatable bonds is 3. The summed E-state index contributed by atoms with van der Waals surface area (Å²) in [5.41, 5.74) is 0.177. The molecule has 0 saturated carbocycles. The monoisotopic (exact) mass is 265 g/mol. The number of hydrogen-bond donors (Lipinski definition) is 2. The lowest BCUT2D eigenvalue weighted by molar-refractivity contribution is -0.124. The fourth-order valence-corrected chi connectivity index (χ4v) is 1.92. The number of aromatic hydroxyl groups is 1. The molecule has 6 heteroatoms. The van der Waals surface area contributed by atoms with Crippen LogP contribution in [0.3, 0.4) is 0 Å². The zero-order valence-corrected chi connectivity index (χ0v) is 10.5. The molecule has 1 saturated heterocycles. The van der Waals surface area contributed by atoms with E-state index in [2.05, 4.69) is 10.1 Å². The standard InChI is InChI=1S/C13H15NO5/c1-18-13(17)8-4-2-5-9(11(8)15)14-12(16)10-6-3-7-19-10/h2,4-5,10,15H,3,6-7H2,1H3,(H,14,16). The molecule has 1 atom stereocenters. The zero-order chi connectivity index (χ0) is 13.8. The fraction of sp³-hybridized carbons (Fsp3) is 0.385. The van der Waals surface area contributed by atoms with Crippen molar-refractivity contribution in [1.82, 2.24) is 0 Å². The Morgan fingerprint density at radius 3 is 2.89 bits per heavy atom. The van der Waals surface area contributed by atoms with Gasteiger partial charge in [-0.1, -0.05) is 6.07 Å². The van der Waals surface area contributed by atoms with Crippen LogP contribution in [0.15, 0.2) is 18.2 Å². The number of nitrogens with one attached hydrogen (secondary N) is 1. The Morgan fingerprint density at radius 2 is 2.26 bits per heavy atom. The first-order chi connectivity index (χ1) is 9.13. The summed E-state index contributed by atoms with van der Waals surface area (Å²) >= 11 is 0. The first kappa shape index (κ1) is 13.4. The summed E-state index contributed by atoms with van der Waals surface area (Å²) in [6, 6.07) is 4.48. The number of phenols is 1.